The largest absolute Gasteiger partial charge is 0.395 e. The van der Waals surface area contributed by atoms with Crippen molar-refractivity contribution in [2.45, 2.75) is 0 Å². The molecule has 2 rings (SSSR count). The van der Waals surface area contributed by atoms with E-state index in [9.17, 15) is 0 Å². The fourth-order valence-corrected chi connectivity index (χ4v) is 2.46. The highest BCUT2D eigenvalue weighted by molar-refractivity contribution is 7.13. The summed E-state index contributed by atoms with van der Waals surface area (Å²) in [4.78, 5) is 1.90. The Hall–Kier alpha value is -1.17. The van der Waals surface area contributed by atoms with E-state index < -0.39 is 0 Å². The molecule has 0 radical (unpaired) electrons. The molecule has 86 valence electrons. The Morgan fingerprint density at radius 3 is 2.50 bits per heavy atom. The summed E-state index contributed by atoms with van der Waals surface area (Å²) in [6, 6.07) is 7.98. The molecular formula is C11H14N2O2S. The molecule has 0 bridgehead atoms. The van der Waals surface area contributed by atoms with Crippen molar-refractivity contribution in [2.24, 2.45) is 0 Å². The third-order valence-electron chi connectivity index (χ3n) is 2.40. The molecule has 0 spiro atoms. The normalized spacial score (nSPS) is 10.9. The lowest BCUT2D eigenvalue weighted by atomic mass is 10.2. The second-order valence-corrected chi connectivity index (χ2v) is 4.24. The van der Waals surface area contributed by atoms with Crippen LogP contribution in [0.25, 0.3) is 10.1 Å². The summed E-state index contributed by atoms with van der Waals surface area (Å²) in [7, 11) is 0. The molecule has 0 aliphatic heterocycles. The van der Waals surface area contributed by atoms with Crippen LogP contribution in [0, 0.1) is 0 Å². The van der Waals surface area contributed by atoms with E-state index in [0.29, 0.717) is 13.1 Å². The minimum atomic E-state index is 0.0614. The maximum Gasteiger partial charge on any atom is 0.150 e. The number of hydrogen-bond donors (Lipinski definition) is 2. The smallest absolute Gasteiger partial charge is 0.150 e. The Labute approximate surface area is 97.9 Å². The van der Waals surface area contributed by atoms with Gasteiger partial charge in [0.1, 0.15) is 5.82 Å². The fraction of sp³-hybridized carbons (Fsp3) is 0.364. The Morgan fingerprint density at radius 1 is 1.12 bits per heavy atom. The van der Waals surface area contributed by atoms with Crippen LogP contribution in [0.2, 0.25) is 0 Å². The molecule has 0 saturated heterocycles. The monoisotopic (exact) mass is 238 g/mol. The van der Waals surface area contributed by atoms with Crippen molar-refractivity contribution in [1.29, 1.82) is 0 Å². The first-order valence-electron chi connectivity index (χ1n) is 5.18. The van der Waals surface area contributed by atoms with Crippen molar-refractivity contribution in [2.75, 3.05) is 31.2 Å². The Balaban J connectivity index is 2.36. The van der Waals surface area contributed by atoms with Crippen molar-refractivity contribution >= 4 is 27.4 Å². The highest BCUT2D eigenvalue weighted by Gasteiger charge is 2.12. The minimum Gasteiger partial charge on any atom is -0.395 e. The molecule has 0 fully saturated rings. The Bertz CT molecular complexity index is 452. The fourth-order valence-electron chi connectivity index (χ4n) is 1.67. The number of benzene rings is 1. The predicted octanol–water partition coefficient (Wildman–Crippen LogP) is 1.09. The van der Waals surface area contributed by atoms with Crippen LogP contribution in [0.3, 0.4) is 0 Å². The first kappa shape index (κ1) is 11.3. The maximum atomic E-state index is 8.99. The molecule has 4 nitrogen and oxygen atoms in total. The molecular weight excluding hydrogens is 224 g/mol. The first-order valence-corrected chi connectivity index (χ1v) is 5.95. The van der Waals surface area contributed by atoms with Gasteiger partial charge < -0.3 is 15.1 Å². The van der Waals surface area contributed by atoms with Crippen molar-refractivity contribution in [1.82, 2.24) is 4.37 Å². The third kappa shape index (κ3) is 2.16. The molecule has 1 aromatic carbocycles. The summed E-state index contributed by atoms with van der Waals surface area (Å²) in [6.07, 6.45) is 0. The van der Waals surface area contributed by atoms with Gasteiger partial charge in [0.2, 0.25) is 0 Å². The highest BCUT2D eigenvalue weighted by atomic mass is 32.1. The SMILES string of the molecule is OCCN(CCO)c1nsc2ccccc12. The number of aliphatic hydroxyl groups excluding tert-OH is 2. The van der Waals surface area contributed by atoms with Crippen LogP contribution >= 0.6 is 11.5 Å². The number of rotatable bonds is 5. The van der Waals surface area contributed by atoms with E-state index >= 15 is 0 Å². The molecule has 2 N–H and O–H groups in total. The number of anilines is 1. The van der Waals surface area contributed by atoms with E-state index in [0.717, 1.165) is 15.9 Å². The highest BCUT2D eigenvalue weighted by Crippen LogP contribution is 2.28. The number of aromatic nitrogens is 1. The number of fused-ring (bicyclic) bond motifs is 1. The Kier molecular flexibility index (Phi) is 3.71. The van der Waals surface area contributed by atoms with Gasteiger partial charge in [0.25, 0.3) is 0 Å². The van der Waals surface area contributed by atoms with E-state index in [1.54, 1.807) is 0 Å². The van der Waals surface area contributed by atoms with Crippen molar-refractivity contribution < 1.29 is 10.2 Å². The van der Waals surface area contributed by atoms with Gasteiger partial charge in [-0.2, -0.15) is 4.37 Å². The molecule has 0 atom stereocenters. The molecule has 0 unspecified atom stereocenters. The molecule has 1 aromatic heterocycles. The molecule has 16 heavy (non-hydrogen) atoms. The topological polar surface area (TPSA) is 56.6 Å². The summed E-state index contributed by atoms with van der Waals surface area (Å²) in [5.41, 5.74) is 0. The van der Waals surface area contributed by atoms with Crippen LogP contribution in [0.1, 0.15) is 0 Å². The van der Waals surface area contributed by atoms with Crippen molar-refractivity contribution in [3.63, 3.8) is 0 Å². The van der Waals surface area contributed by atoms with Crippen LogP contribution in [-0.4, -0.2) is 40.9 Å². The Morgan fingerprint density at radius 2 is 1.81 bits per heavy atom. The van der Waals surface area contributed by atoms with Crippen molar-refractivity contribution in [3.8, 4) is 0 Å². The maximum absolute atomic E-state index is 8.99. The average molecular weight is 238 g/mol. The lowest BCUT2D eigenvalue weighted by molar-refractivity contribution is 0.281. The zero-order valence-electron chi connectivity index (χ0n) is 8.83. The summed E-state index contributed by atoms with van der Waals surface area (Å²) >= 11 is 1.44. The zero-order valence-corrected chi connectivity index (χ0v) is 9.65. The quantitative estimate of drug-likeness (QED) is 0.818. The summed E-state index contributed by atoms with van der Waals surface area (Å²) in [5, 5.41) is 19.1. The van der Waals surface area contributed by atoms with Gasteiger partial charge in [0.05, 0.1) is 17.9 Å². The molecule has 5 heteroatoms. The van der Waals surface area contributed by atoms with E-state index in [-0.39, 0.29) is 13.2 Å². The van der Waals surface area contributed by atoms with E-state index in [1.807, 2.05) is 29.2 Å². The van der Waals surface area contributed by atoms with E-state index in [2.05, 4.69) is 4.37 Å². The van der Waals surface area contributed by atoms with Gasteiger partial charge in [-0.1, -0.05) is 12.1 Å². The second kappa shape index (κ2) is 5.25. The standard InChI is InChI=1S/C11H14N2O2S/c14-7-5-13(6-8-15)11-9-3-1-2-4-10(9)16-12-11/h1-4,14-15H,5-8H2. The summed E-state index contributed by atoms with van der Waals surface area (Å²) in [5.74, 6) is 0.851. The van der Waals surface area contributed by atoms with Gasteiger partial charge in [-0.25, -0.2) is 0 Å². The van der Waals surface area contributed by atoms with Crippen molar-refractivity contribution in [3.05, 3.63) is 24.3 Å². The number of nitrogens with zero attached hydrogens (tertiary/aromatic N) is 2. The van der Waals surface area contributed by atoms with Crippen LogP contribution in [-0.2, 0) is 0 Å². The van der Waals surface area contributed by atoms with Crippen LogP contribution < -0.4 is 4.90 Å². The molecule has 0 amide bonds. The first-order chi connectivity index (χ1) is 7.86. The molecule has 2 aromatic rings. The average Bonchev–Trinajstić information content (AvgIpc) is 2.72. The minimum absolute atomic E-state index is 0.0614. The van der Waals surface area contributed by atoms with Gasteiger partial charge in [-0.3, -0.25) is 0 Å². The molecule has 0 saturated carbocycles. The van der Waals surface area contributed by atoms with Crippen LogP contribution in [0.4, 0.5) is 5.82 Å². The predicted molar refractivity (Wildman–Crippen MR) is 66.0 cm³/mol. The zero-order chi connectivity index (χ0) is 11.4. The van der Waals surface area contributed by atoms with Gasteiger partial charge >= 0.3 is 0 Å². The van der Waals surface area contributed by atoms with Gasteiger partial charge in [-0.15, -0.1) is 0 Å². The van der Waals surface area contributed by atoms with Crippen LogP contribution in [0.15, 0.2) is 24.3 Å². The van der Waals surface area contributed by atoms with E-state index in [1.165, 1.54) is 11.5 Å². The van der Waals surface area contributed by atoms with Gasteiger partial charge in [-0.05, 0) is 23.7 Å². The molecule has 0 aliphatic carbocycles. The number of hydrogen-bond acceptors (Lipinski definition) is 5. The second-order valence-electron chi connectivity index (χ2n) is 3.44. The molecule has 0 aliphatic rings. The number of aliphatic hydroxyl groups is 2. The van der Waals surface area contributed by atoms with Crippen LogP contribution in [0.5, 0.6) is 0 Å². The molecule has 1 heterocycles. The van der Waals surface area contributed by atoms with E-state index in [4.69, 9.17) is 10.2 Å². The summed E-state index contributed by atoms with van der Waals surface area (Å²) in [6.45, 7) is 1.11. The van der Waals surface area contributed by atoms with Gasteiger partial charge in [0, 0.05) is 18.5 Å². The van der Waals surface area contributed by atoms with Gasteiger partial charge in [0.15, 0.2) is 0 Å². The summed E-state index contributed by atoms with van der Waals surface area (Å²) < 4.78 is 5.50. The third-order valence-corrected chi connectivity index (χ3v) is 3.21. The lowest BCUT2D eigenvalue weighted by Gasteiger charge is -2.20. The lowest BCUT2D eigenvalue weighted by Crippen LogP contribution is -2.29.